The van der Waals surface area contributed by atoms with Crippen LogP contribution in [0.1, 0.15) is 21.1 Å². The summed E-state index contributed by atoms with van der Waals surface area (Å²) in [7, 11) is 0. The minimum Gasteiger partial charge on any atom is -0.459 e. The maximum absolute atomic E-state index is 12.2. The summed E-state index contributed by atoms with van der Waals surface area (Å²) in [6.07, 6.45) is 3.27. The van der Waals surface area contributed by atoms with Gasteiger partial charge in [0.2, 0.25) is 0 Å². The largest absolute Gasteiger partial charge is 0.459 e. The molecule has 5 rings (SSSR count). The number of hydrogen-bond acceptors (Lipinski definition) is 8. The van der Waals surface area contributed by atoms with Gasteiger partial charge in [0.1, 0.15) is 0 Å². The first-order valence-corrected chi connectivity index (χ1v) is 11.5. The average molecular weight is 455 g/mol. The third-order valence-corrected chi connectivity index (χ3v) is 7.34. The number of hydrogen-bond donors (Lipinski definition) is 1. The van der Waals surface area contributed by atoms with Gasteiger partial charge in [0.15, 0.2) is 15.1 Å². The Bertz CT molecular complexity index is 1430. The van der Waals surface area contributed by atoms with Gasteiger partial charge in [0.05, 0.1) is 22.2 Å². The average Bonchev–Trinajstić information content (AvgIpc) is 3.45. The van der Waals surface area contributed by atoms with E-state index >= 15 is 0 Å². The smallest absolute Gasteiger partial charge is 0.291 e. The van der Waals surface area contributed by atoms with Crippen LogP contribution in [0, 0.1) is 6.92 Å². The first-order valence-electron chi connectivity index (χ1n) is 8.92. The number of aromatic nitrogens is 3. The number of benzene rings is 1. The molecule has 0 aliphatic rings. The van der Waals surface area contributed by atoms with Crippen LogP contribution in [0.4, 0.5) is 5.69 Å². The molecule has 30 heavy (non-hydrogen) atoms. The van der Waals surface area contributed by atoms with E-state index in [1.807, 2.05) is 31.3 Å². The van der Waals surface area contributed by atoms with Crippen LogP contribution in [-0.4, -0.2) is 20.3 Å². The summed E-state index contributed by atoms with van der Waals surface area (Å²) in [5, 5.41) is 2.82. The number of nitrogens with zero attached hydrogens (tertiary/aromatic N) is 3. The first-order chi connectivity index (χ1) is 14.5. The van der Waals surface area contributed by atoms with Gasteiger partial charge in [-0.05, 0) is 37.3 Å². The Morgan fingerprint density at radius 1 is 1.23 bits per heavy atom. The summed E-state index contributed by atoms with van der Waals surface area (Å²) in [6, 6.07) is 10.4. The second-order valence-electron chi connectivity index (χ2n) is 6.46. The fourth-order valence-electron chi connectivity index (χ4n) is 2.91. The number of thioether (sulfide) groups is 1. The topological polar surface area (TPSA) is 89.5 Å². The van der Waals surface area contributed by atoms with Crippen molar-refractivity contribution in [3.63, 3.8) is 0 Å². The Labute approximate surface area is 182 Å². The van der Waals surface area contributed by atoms with Crippen LogP contribution in [0.3, 0.4) is 0 Å². The number of carbonyl (C=O) groups is 1. The van der Waals surface area contributed by atoms with E-state index in [2.05, 4.69) is 15.3 Å². The number of rotatable bonds is 5. The van der Waals surface area contributed by atoms with Gasteiger partial charge in [-0.25, -0.2) is 9.97 Å². The molecule has 1 aromatic carbocycles. The van der Waals surface area contributed by atoms with Gasteiger partial charge in [-0.3, -0.25) is 14.0 Å². The SMILES string of the molecule is Cc1cn2c(=O)cc(CSc3nc4ccc(NC(=O)c5ccco5)cc4s3)nc2s1. The van der Waals surface area contributed by atoms with Crippen molar-refractivity contribution in [2.75, 3.05) is 5.32 Å². The van der Waals surface area contributed by atoms with E-state index in [0.717, 1.165) is 25.1 Å². The van der Waals surface area contributed by atoms with Crippen LogP contribution >= 0.6 is 34.4 Å². The van der Waals surface area contributed by atoms with Crippen molar-refractivity contribution in [3.8, 4) is 0 Å². The van der Waals surface area contributed by atoms with E-state index in [1.165, 1.54) is 28.9 Å². The van der Waals surface area contributed by atoms with Crippen LogP contribution in [0.5, 0.6) is 0 Å². The summed E-state index contributed by atoms with van der Waals surface area (Å²) in [4.78, 5) is 35.3. The lowest BCUT2D eigenvalue weighted by Crippen LogP contribution is -2.12. The van der Waals surface area contributed by atoms with Crippen molar-refractivity contribution in [1.82, 2.24) is 14.4 Å². The number of thiazole rings is 2. The van der Waals surface area contributed by atoms with Crippen molar-refractivity contribution in [2.24, 2.45) is 0 Å². The number of fused-ring (bicyclic) bond motifs is 2. The zero-order valence-electron chi connectivity index (χ0n) is 15.6. The Hall–Kier alpha value is -2.95. The molecule has 0 unspecified atom stereocenters. The highest BCUT2D eigenvalue weighted by Crippen LogP contribution is 2.33. The molecule has 1 N–H and O–H groups in total. The molecule has 0 spiro atoms. The first kappa shape index (κ1) is 19.0. The zero-order chi connectivity index (χ0) is 20.7. The molecule has 0 aliphatic carbocycles. The van der Waals surface area contributed by atoms with Gasteiger partial charge < -0.3 is 9.73 Å². The summed E-state index contributed by atoms with van der Waals surface area (Å²) in [6.45, 7) is 1.96. The molecule has 0 bridgehead atoms. The van der Waals surface area contributed by atoms with Gasteiger partial charge in [0.25, 0.3) is 11.5 Å². The molecule has 0 saturated carbocycles. The molecule has 0 radical (unpaired) electrons. The highest BCUT2D eigenvalue weighted by molar-refractivity contribution is 8.00. The molecule has 7 nitrogen and oxygen atoms in total. The number of furan rings is 1. The predicted molar refractivity (Wildman–Crippen MR) is 120 cm³/mol. The lowest BCUT2D eigenvalue weighted by molar-refractivity contribution is 0.0996. The number of amides is 1. The Kier molecular flexibility index (Phi) is 4.89. The molecule has 0 atom stereocenters. The molecule has 5 aromatic rings. The molecule has 0 aliphatic heterocycles. The fourth-order valence-corrected chi connectivity index (χ4v) is 5.76. The van der Waals surface area contributed by atoms with Crippen LogP contribution in [0.15, 0.2) is 62.4 Å². The van der Waals surface area contributed by atoms with Crippen molar-refractivity contribution in [3.05, 3.63) is 75.5 Å². The number of nitrogens with one attached hydrogen (secondary N) is 1. The van der Waals surface area contributed by atoms with Gasteiger partial charge in [-0.15, -0.1) is 22.7 Å². The zero-order valence-corrected chi connectivity index (χ0v) is 18.1. The highest BCUT2D eigenvalue weighted by atomic mass is 32.2. The van der Waals surface area contributed by atoms with Crippen LogP contribution < -0.4 is 10.9 Å². The van der Waals surface area contributed by atoms with E-state index < -0.39 is 0 Å². The van der Waals surface area contributed by atoms with E-state index in [1.54, 1.807) is 34.4 Å². The second-order valence-corrected chi connectivity index (χ2v) is 9.93. The predicted octanol–water partition coefficient (Wildman–Crippen LogP) is 4.81. The third-order valence-electron chi connectivity index (χ3n) is 4.25. The summed E-state index contributed by atoms with van der Waals surface area (Å²) >= 11 is 4.58. The summed E-state index contributed by atoms with van der Waals surface area (Å²) in [5.74, 6) is 0.525. The minimum atomic E-state index is -0.296. The van der Waals surface area contributed by atoms with Crippen molar-refractivity contribution < 1.29 is 9.21 Å². The molecule has 150 valence electrons. The van der Waals surface area contributed by atoms with Crippen LogP contribution in [0.25, 0.3) is 15.2 Å². The molecule has 0 fully saturated rings. The van der Waals surface area contributed by atoms with Crippen molar-refractivity contribution >= 4 is 61.2 Å². The van der Waals surface area contributed by atoms with Crippen LogP contribution in [0.2, 0.25) is 0 Å². The summed E-state index contributed by atoms with van der Waals surface area (Å²) in [5.41, 5.74) is 2.20. The lowest BCUT2D eigenvalue weighted by Gasteiger charge is -2.02. The molecule has 0 saturated heterocycles. The maximum Gasteiger partial charge on any atom is 0.291 e. The molecular weight excluding hydrogens is 440 g/mol. The fraction of sp³-hybridized carbons (Fsp3) is 0.100. The van der Waals surface area contributed by atoms with E-state index in [0.29, 0.717) is 16.4 Å². The van der Waals surface area contributed by atoms with E-state index in [9.17, 15) is 9.59 Å². The van der Waals surface area contributed by atoms with Gasteiger partial charge in [-0.1, -0.05) is 11.8 Å². The molecule has 1 amide bonds. The summed E-state index contributed by atoms with van der Waals surface area (Å²) < 4.78 is 8.53. The molecule has 4 heterocycles. The van der Waals surface area contributed by atoms with Crippen molar-refractivity contribution in [1.29, 1.82) is 0 Å². The maximum atomic E-state index is 12.2. The van der Waals surface area contributed by atoms with Gasteiger partial charge in [-0.2, -0.15) is 0 Å². The normalized spacial score (nSPS) is 11.4. The third kappa shape index (κ3) is 3.76. The molecular formula is C20H14N4O3S3. The molecule has 4 aromatic heterocycles. The lowest BCUT2D eigenvalue weighted by atomic mass is 10.3. The number of anilines is 1. The monoisotopic (exact) mass is 454 g/mol. The van der Waals surface area contributed by atoms with E-state index in [-0.39, 0.29) is 17.2 Å². The van der Waals surface area contributed by atoms with Crippen molar-refractivity contribution in [2.45, 2.75) is 17.0 Å². The second kappa shape index (κ2) is 7.71. The van der Waals surface area contributed by atoms with Gasteiger partial charge in [0, 0.05) is 28.6 Å². The van der Waals surface area contributed by atoms with E-state index in [4.69, 9.17) is 4.42 Å². The number of carbonyl (C=O) groups excluding carboxylic acids is 1. The highest BCUT2D eigenvalue weighted by Gasteiger charge is 2.12. The molecule has 10 heteroatoms. The Morgan fingerprint density at radius 2 is 2.13 bits per heavy atom. The quantitative estimate of drug-likeness (QED) is 0.383. The van der Waals surface area contributed by atoms with Crippen LogP contribution in [-0.2, 0) is 5.75 Å². The minimum absolute atomic E-state index is 0.0683. The number of aryl methyl sites for hydroxylation is 1. The standard InChI is InChI=1S/C20H14N4O3S3/c1-11-9-24-17(25)8-13(22-19(24)29-11)10-28-20-23-14-5-4-12(7-16(14)30-20)21-18(26)15-3-2-6-27-15/h2-9H,10H2,1H3,(H,21,26). The Balaban J connectivity index is 1.33. The Morgan fingerprint density at radius 3 is 2.97 bits per heavy atom. The van der Waals surface area contributed by atoms with Gasteiger partial charge >= 0.3 is 0 Å².